The van der Waals surface area contributed by atoms with Crippen LogP contribution in [0, 0.1) is 0 Å². The highest BCUT2D eigenvalue weighted by Gasteiger charge is 2.46. The molecule has 19 nitrogen and oxygen atoms in total. The molecule has 0 amide bonds. The number of aromatic nitrogens is 4. The number of phosphoric acid groups is 1. The van der Waals surface area contributed by atoms with Crippen molar-refractivity contribution in [2.45, 2.75) is 24.5 Å². The first-order chi connectivity index (χ1) is 17.4. The summed E-state index contributed by atoms with van der Waals surface area (Å²) in [5.41, 5.74) is 13.3. The molecule has 1 fully saturated rings. The molecule has 0 radical (unpaired) electrons. The number of aliphatic hydroxyl groups excluding tert-OH is 2. The molecule has 6 atom stereocenters. The van der Waals surface area contributed by atoms with Crippen LogP contribution < -0.4 is 16.4 Å². The highest BCUT2D eigenvalue weighted by Crippen LogP contribution is 2.59. The van der Waals surface area contributed by atoms with Gasteiger partial charge >= 0.3 is 15.6 Å². The van der Waals surface area contributed by atoms with Gasteiger partial charge in [-0.15, -0.1) is 0 Å². The standard InChI is InChI=1S/C16H19N9O10P2/c17-16-20-13-10(14(28)21-16)19-6-25(13)15-12(27)11(26)9(34-15)5-33-37(31,32)35-36(29,30)23-8-3-1-7(2-4-8)22-24-18/h1-4,6,9,11-12,15,26-27H,5H2,(H,31,32)(H2,23,29,30)(H3,17,20,21,28)/t9-,11-,12-,15-/m1/s1. The van der Waals surface area contributed by atoms with Gasteiger partial charge < -0.3 is 30.5 Å². The number of azide groups is 1. The van der Waals surface area contributed by atoms with Gasteiger partial charge in [0.15, 0.2) is 17.4 Å². The zero-order valence-corrected chi connectivity index (χ0v) is 20.1. The number of H-pyrrole nitrogens is 1. The van der Waals surface area contributed by atoms with Crippen LogP contribution in [-0.4, -0.2) is 64.4 Å². The molecular weight excluding hydrogens is 540 g/mol. The second kappa shape index (κ2) is 10.2. The fourth-order valence-corrected chi connectivity index (χ4v) is 5.68. The monoisotopic (exact) mass is 559 g/mol. The zero-order chi connectivity index (χ0) is 27.0. The first-order valence-corrected chi connectivity index (χ1v) is 13.2. The number of fused-ring (bicyclic) bond motifs is 1. The highest BCUT2D eigenvalue weighted by molar-refractivity contribution is 7.64. The van der Waals surface area contributed by atoms with Crippen LogP contribution in [0.1, 0.15) is 6.23 Å². The number of hydrogen-bond acceptors (Lipinski definition) is 12. The number of benzene rings is 1. The summed E-state index contributed by atoms with van der Waals surface area (Å²) in [6.45, 7) is -0.855. The van der Waals surface area contributed by atoms with E-state index in [0.29, 0.717) is 0 Å². The van der Waals surface area contributed by atoms with Crippen LogP contribution in [0.2, 0.25) is 0 Å². The molecule has 0 spiro atoms. The van der Waals surface area contributed by atoms with Gasteiger partial charge in [-0.1, -0.05) is 17.2 Å². The topological polar surface area (TPSA) is 293 Å². The summed E-state index contributed by atoms with van der Waals surface area (Å²) in [4.78, 5) is 44.4. The van der Waals surface area contributed by atoms with Crippen molar-refractivity contribution < 1.29 is 42.7 Å². The molecule has 0 bridgehead atoms. The molecule has 8 N–H and O–H groups in total. The Morgan fingerprint density at radius 3 is 2.65 bits per heavy atom. The maximum absolute atomic E-state index is 12.3. The first-order valence-electron chi connectivity index (χ1n) is 10.1. The third-order valence-corrected chi connectivity index (χ3v) is 7.70. The molecule has 3 aromatic rings. The van der Waals surface area contributed by atoms with Crippen LogP contribution in [0.4, 0.5) is 17.3 Å². The molecule has 4 rings (SSSR count). The summed E-state index contributed by atoms with van der Waals surface area (Å²) in [6, 6.07) is 5.11. The van der Waals surface area contributed by atoms with Crippen molar-refractivity contribution in [3.8, 4) is 0 Å². The minimum Gasteiger partial charge on any atom is -0.387 e. The highest BCUT2D eigenvalue weighted by atomic mass is 31.3. The average molecular weight is 559 g/mol. The summed E-state index contributed by atoms with van der Waals surface area (Å²) < 4.78 is 40.2. The lowest BCUT2D eigenvalue weighted by Gasteiger charge is -2.20. The molecule has 0 saturated carbocycles. The van der Waals surface area contributed by atoms with Gasteiger partial charge in [-0.2, -0.15) is 9.29 Å². The molecule has 0 aliphatic carbocycles. The number of phosphoric ester groups is 1. The summed E-state index contributed by atoms with van der Waals surface area (Å²) in [7, 11) is -10.2. The van der Waals surface area contributed by atoms with Gasteiger partial charge in [0.25, 0.3) is 5.56 Å². The Morgan fingerprint density at radius 2 is 1.97 bits per heavy atom. The van der Waals surface area contributed by atoms with Crippen LogP contribution in [0.25, 0.3) is 21.6 Å². The number of nitrogens with two attached hydrogens (primary N) is 1. The summed E-state index contributed by atoms with van der Waals surface area (Å²) in [5.74, 6) is -0.237. The number of anilines is 2. The second-order valence-electron chi connectivity index (χ2n) is 7.54. The number of rotatable bonds is 9. The molecule has 198 valence electrons. The van der Waals surface area contributed by atoms with E-state index in [1.165, 1.54) is 24.3 Å². The van der Waals surface area contributed by atoms with Gasteiger partial charge in [0.2, 0.25) is 5.95 Å². The van der Waals surface area contributed by atoms with Crippen molar-refractivity contribution in [2.75, 3.05) is 17.4 Å². The number of nitrogens with zero attached hydrogens (tertiary/aromatic N) is 6. The second-order valence-corrected chi connectivity index (χ2v) is 10.6. The fourth-order valence-electron chi connectivity index (χ4n) is 3.39. The maximum Gasteiger partial charge on any atom is 0.480 e. The summed E-state index contributed by atoms with van der Waals surface area (Å²) in [5, 5.41) is 26.1. The van der Waals surface area contributed by atoms with E-state index >= 15 is 0 Å². The number of ether oxygens (including phenoxy) is 1. The molecular formula is C16H19N9O10P2. The van der Waals surface area contributed by atoms with Crippen LogP contribution in [0.3, 0.4) is 0 Å². The van der Waals surface area contributed by atoms with Crippen molar-refractivity contribution in [2.24, 2.45) is 5.11 Å². The van der Waals surface area contributed by atoms with Crippen molar-refractivity contribution in [1.82, 2.24) is 19.5 Å². The third-order valence-electron chi connectivity index (χ3n) is 4.98. The third kappa shape index (κ3) is 5.98. The Bertz CT molecular complexity index is 1500. The van der Waals surface area contributed by atoms with Crippen molar-refractivity contribution in [1.29, 1.82) is 0 Å². The molecule has 1 aliphatic heterocycles. The van der Waals surface area contributed by atoms with E-state index in [0.717, 1.165) is 10.9 Å². The minimum absolute atomic E-state index is 0.0103. The first kappa shape index (κ1) is 26.7. The molecule has 2 aromatic heterocycles. The normalized spacial score (nSPS) is 24.8. The lowest BCUT2D eigenvalue weighted by molar-refractivity contribution is -0.0501. The Morgan fingerprint density at radius 1 is 1.27 bits per heavy atom. The van der Waals surface area contributed by atoms with Crippen LogP contribution in [0.5, 0.6) is 0 Å². The van der Waals surface area contributed by atoms with E-state index in [2.05, 4.69) is 29.3 Å². The van der Waals surface area contributed by atoms with Crippen LogP contribution in [0.15, 0.2) is 40.5 Å². The van der Waals surface area contributed by atoms with Crippen molar-refractivity contribution >= 4 is 44.1 Å². The lowest BCUT2D eigenvalue weighted by atomic mass is 10.1. The number of aliphatic hydroxyl groups is 2. The van der Waals surface area contributed by atoms with E-state index < -0.39 is 52.3 Å². The molecule has 1 saturated heterocycles. The minimum atomic E-state index is -5.21. The molecule has 21 heteroatoms. The largest absolute Gasteiger partial charge is 0.480 e. The van der Waals surface area contributed by atoms with Gasteiger partial charge in [0.1, 0.15) is 18.3 Å². The van der Waals surface area contributed by atoms with E-state index in [-0.39, 0.29) is 28.5 Å². The van der Waals surface area contributed by atoms with E-state index in [4.69, 9.17) is 20.5 Å². The van der Waals surface area contributed by atoms with Crippen molar-refractivity contribution in [3.05, 3.63) is 51.4 Å². The molecule has 3 heterocycles. The Balaban J connectivity index is 1.40. The van der Waals surface area contributed by atoms with Gasteiger partial charge in [-0.3, -0.25) is 24.0 Å². The number of aromatic amines is 1. The number of nitrogens with one attached hydrogen (secondary N) is 2. The summed E-state index contributed by atoms with van der Waals surface area (Å²) in [6.07, 6.45) is -4.93. The number of nitrogen functional groups attached to an aromatic ring is 1. The molecule has 1 aromatic carbocycles. The lowest BCUT2D eigenvalue weighted by Crippen LogP contribution is -2.33. The SMILES string of the molecule is [N-]=[N+]=Nc1ccc(NP(=O)(O)OP(=O)(O)OC[C@H]2O[C@@H](n3cnc4c(=O)[nH]c(N)nc43)[C@H](O)[C@@H]2O)cc1. The zero-order valence-electron chi connectivity index (χ0n) is 18.3. The number of hydrogen-bond donors (Lipinski definition) is 7. The van der Waals surface area contributed by atoms with Crippen molar-refractivity contribution in [3.63, 3.8) is 0 Å². The van der Waals surface area contributed by atoms with E-state index in [9.17, 15) is 33.9 Å². The molecule has 2 unspecified atom stereocenters. The fraction of sp³-hybridized carbons (Fsp3) is 0.312. The molecule has 37 heavy (non-hydrogen) atoms. The predicted molar refractivity (Wildman–Crippen MR) is 124 cm³/mol. The maximum atomic E-state index is 12.3. The van der Waals surface area contributed by atoms with Crippen LogP contribution >= 0.6 is 15.6 Å². The van der Waals surface area contributed by atoms with Crippen LogP contribution in [-0.2, 0) is 22.7 Å². The predicted octanol–water partition coefficient (Wildman–Crippen LogP) is 0.609. The Hall–Kier alpha value is -3.34. The summed E-state index contributed by atoms with van der Waals surface area (Å²) >= 11 is 0. The Kier molecular flexibility index (Phi) is 7.36. The number of imidazole rings is 1. The van der Waals surface area contributed by atoms with Gasteiger partial charge in [-0.05, 0) is 17.7 Å². The Labute approximate surface area is 205 Å². The van der Waals surface area contributed by atoms with Gasteiger partial charge in [0.05, 0.1) is 12.9 Å². The average Bonchev–Trinajstić information content (AvgIpc) is 3.34. The van der Waals surface area contributed by atoms with E-state index in [1.54, 1.807) is 0 Å². The van der Waals surface area contributed by atoms with E-state index in [1.807, 2.05) is 5.09 Å². The quantitative estimate of drug-likeness (QED) is 0.0818. The van der Waals surface area contributed by atoms with Gasteiger partial charge in [-0.25, -0.2) is 14.1 Å². The molecule has 1 aliphatic rings. The van der Waals surface area contributed by atoms with Gasteiger partial charge in [0, 0.05) is 16.3 Å². The smallest absolute Gasteiger partial charge is 0.387 e.